The van der Waals surface area contributed by atoms with Crippen LogP contribution >= 0.6 is 0 Å². The highest BCUT2D eigenvalue weighted by molar-refractivity contribution is 5.89. The zero-order chi connectivity index (χ0) is 13.5. The summed E-state index contributed by atoms with van der Waals surface area (Å²) < 4.78 is 5.30. The van der Waals surface area contributed by atoms with Crippen LogP contribution < -0.4 is 15.0 Å². The van der Waals surface area contributed by atoms with Crippen molar-refractivity contribution < 1.29 is 14.6 Å². The molecular formula is C13H20N2O3. The van der Waals surface area contributed by atoms with E-state index in [-0.39, 0.29) is 12.5 Å². The van der Waals surface area contributed by atoms with Gasteiger partial charge in [-0.05, 0) is 25.1 Å². The molecule has 1 aromatic rings. The Morgan fingerprint density at radius 2 is 2.22 bits per heavy atom. The Morgan fingerprint density at radius 3 is 2.72 bits per heavy atom. The molecule has 2 N–H and O–H groups in total. The average molecular weight is 252 g/mol. The molecule has 1 amide bonds. The number of likely N-dealkylation sites (N-methyl/N-ethyl adjacent to an activating group) is 1. The number of carbonyl (C=O) groups is 1. The van der Waals surface area contributed by atoms with Gasteiger partial charge in [0.1, 0.15) is 5.75 Å². The molecule has 1 aromatic carbocycles. The second kappa shape index (κ2) is 6.86. The van der Waals surface area contributed by atoms with Gasteiger partial charge in [-0.15, -0.1) is 0 Å². The average Bonchev–Trinajstić information content (AvgIpc) is 2.35. The first kappa shape index (κ1) is 14.3. The number of hydrogen-bond acceptors (Lipinski definition) is 4. The molecular weight excluding hydrogens is 232 g/mol. The second-order valence-electron chi connectivity index (χ2n) is 3.87. The Balaban J connectivity index is 3.07. The van der Waals surface area contributed by atoms with Gasteiger partial charge in [-0.3, -0.25) is 4.79 Å². The van der Waals surface area contributed by atoms with Crippen LogP contribution in [0.5, 0.6) is 5.75 Å². The Morgan fingerprint density at radius 1 is 1.50 bits per heavy atom. The number of benzene rings is 1. The molecule has 5 nitrogen and oxygen atoms in total. The van der Waals surface area contributed by atoms with Crippen LogP contribution in [0.15, 0.2) is 18.2 Å². The maximum absolute atomic E-state index is 11.0. The number of nitrogens with one attached hydrogen (secondary N) is 1. The fourth-order valence-electron chi connectivity index (χ4n) is 1.79. The zero-order valence-corrected chi connectivity index (χ0v) is 11.1. The van der Waals surface area contributed by atoms with E-state index < -0.39 is 0 Å². The number of amides is 1. The Kier molecular flexibility index (Phi) is 5.45. The summed E-state index contributed by atoms with van der Waals surface area (Å²) in [6.07, 6.45) is 0. The van der Waals surface area contributed by atoms with Crippen LogP contribution in [-0.4, -0.2) is 37.8 Å². The maximum atomic E-state index is 11.0. The minimum atomic E-state index is -0.115. The molecule has 0 saturated heterocycles. The minimum absolute atomic E-state index is 0.0708. The van der Waals surface area contributed by atoms with Gasteiger partial charge in [-0.2, -0.15) is 0 Å². The molecule has 0 unspecified atom stereocenters. The molecule has 0 aromatic heterocycles. The summed E-state index contributed by atoms with van der Waals surface area (Å²) in [6, 6.07) is 5.44. The van der Waals surface area contributed by atoms with E-state index in [1.54, 1.807) is 19.2 Å². The Bertz CT molecular complexity index is 407. The van der Waals surface area contributed by atoms with Gasteiger partial charge in [-0.25, -0.2) is 0 Å². The van der Waals surface area contributed by atoms with Gasteiger partial charge in [0.15, 0.2) is 0 Å². The van der Waals surface area contributed by atoms with Gasteiger partial charge in [-0.1, -0.05) is 0 Å². The molecule has 100 valence electrons. The van der Waals surface area contributed by atoms with Crippen LogP contribution in [0.25, 0.3) is 0 Å². The first-order valence-corrected chi connectivity index (χ1v) is 5.93. The van der Waals surface area contributed by atoms with Crippen molar-refractivity contribution in [2.45, 2.75) is 13.8 Å². The van der Waals surface area contributed by atoms with Crippen molar-refractivity contribution >= 4 is 17.3 Å². The lowest BCUT2D eigenvalue weighted by Crippen LogP contribution is -2.26. The normalized spacial score (nSPS) is 10.0. The third-order valence-corrected chi connectivity index (χ3v) is 2.59. The molecule has 0 spiro atoms. The number of ether oxygens (including phenoxy) is 1. The summed E-state index contributed by atoms with van der Waals surface area (Å²) in [4.78, 5) is 13.0. The number of aliphatic hydroxyl groups is 1. The van der Waals surface area contributed by atoms with Gasteiger partial charge in [0, 0.05) is 25.7 Å². The van der Waals surface area contributed by atoms with Crippen LogP contribution in [0.2, 0.25) is 0 Å². The summed E-state index contributed by atoms with van der Waals surface area (Å²) in [5.74, 6) is 0.607. The molecule has 0 heterocycles. The van der Waals surface area contributed by atoms with Crippen LogP contribution in [0.4, 0.5) is 11.4 Å². The van der Waals surface area contributed by atoms with Crippen LogP contribution in [0.1, 0.15) is 13.8 Å². The van der Waals surface area contributed by atoms with Gasteiger partial charge in [0.2, 0.25) is 5.91 Å². The molecule has 1 rings (SSSR count). The lowest BCUT2D eigenvalue weighted by molar-refractivity contribution is -0.114. The highest BCUT2D eigenvalue weighted by Gasteiger charge is 2.11. The zero-order valence-electron chi connectivity index (χ0n) is 11.1. The van der Waals surface area contributed by atoms with E-state index >= 15 is 0 Å². The van der Waals surface area contributed by atoms with Gasteiger partial charge >= 0.3 is 0 Å². The first-order chi connectivity index (χ1) is 8.62. The lowest BCUT2D eigenvalue weighted by Gasteiger charge is -2.24. The van der Waals surface area contributed by atoms with Crippen molar-refractivity contribution in [3.05, 3.63) is 18.2 Å². The Hall–Kier alpha value is -1.75. The van der Waals surface area contributed by atoms with Crippen molar-refractivity contribution in [2.75, 3.05) is 37.0 Å². The van der Waals surface area contributed by atoms with E-state index in [1.165, 1.54) is 6.92 Å². The van der Waals surface area contributed by atoms with Crippen LogP contribution in [-0.2, 0) is 4.79 Å². The molecule has 0 fully saturated rings. The molecule has 0 atom stereocenters. The fraction of sp³-hybridized carbons (Fsp3) is 0.462. The number of nitrogens with zero attached hydrogens (tertiary/aromatic N) is 1. The van der Waals surface area contributed by atoms with E-state index in [2.05, 4.69) is 5.32 Å². The number of rotatable bonds is 6. The largest absolute Gasteiger partial charge is 0.495 e. The fourth-order valence-corrected chi connectivity index (χ4v) is 1.79. The quantitative estimate of drug-likeness (QED) is 0.805. The predicted octanol–water partition coefficient (Wildman–Crippen LogP) is 1.47. The predicted molar refractivity (Wildman–Crippen MR) is 72.3 cm³/mol. The van der Waals surface area contributed by atoms with E-state index in [0.717, 1.165) is 23.7 Å². The third kappa shape index (κ3) is 3.63. The van der Waals surface area contributed by atoms with E-state index in [1.807, 2.05) is 17.9 Å². The number of methoxy groups -OCH3 is 1. The lowest BCUT2D eigenvalue weighted by atomic mass is 10.2. The van der Waals surface area contributed by atoms with Crippen molar-refractivity contribution in [1.82, 2.24) is 0 Å². The smallest absolute Gasteiger partial charge is 0.221 e. The number of aliphatic hydroxyl groups excluding tert-OH is 1. The SMILES string of the molecule is CCN(CCO)c1cc(NC(C)=O)ccc1OC. The van der Waals surface area contributed by atoms with Crippen molar-refractivity contribution in [1.29, 1.82) is 0 Å². The second-order valence-corrected chi connectivity index (χ2v) is 3.87. The highest BCUT2D eigenvalue weighted by atomic mass is 16.5. The summed E-state index contributed by atoms with van der Waals surface area (Å²) in [7, 11) is 1.60. The highest BCUT2D eigenvalue weighted by Crippen LogP contribution is 2.31. The minimum Gasteiger partial charge on any atom is -0.495 e. The number of carbonyl (C=O) groups excluding carboxylic acids is 1. The molecule has 0 saturated carbocycles. The number of hydrogen-bond donors (Lipinski definition) is 2. The summed E-state index contributed by atoms with van der Waals surface area (Å²) >= 11 is 0. The van der Waals surface area contributed by atoms with E-state index in [4.69, 9.17) is 9.84 Å². The summed E-state index contributed by atoms with van der Waals surface area (Å²) in [6.45, 7) is 4.81. The monoisotopic (exact) mass is 252 g/mol. The maximum Gasteiger partial charge on any atom is 0.221 e. The van der Waals surface area contributed by atoms with E-state index in [9.17, 15) is 4.79 Å². The van der Waals surface area contributed by atoms with Crippen molar-refractivity contribution in [2.24, 2.45) is 0 Å². The molecule has 18 heavy (non-hydrogen) atoms. The van der Waals surface area contributed by atoms with Gasteiger partial charge in [0.25, 0.3) is 0 Å². The molecule has 0 aliphatic carbocycles. The molecule has 5 heteroatoms. The number of anilines is 2. The van der Waals surface area contributed by atoms with Gasteiger partial charge < -0.3 is 20.1 Å². The van der Waals surface area contributed by atoms with Gasteiger partial charge in [0.05, 0.1) is 19.4 Å². The van der Waals surface area contributed by atoms with Crippen LogP contribution in [0.3, 0.4) is 0 Å². The molecule has 0 aliphatic heterocycles. The molecule has 0 aliphatic rings. The topological polar surface area (TPSA) is 61.8 Å². The standard InChI is InChI=1S/C13H20N2O3/c1-4-15(7-8-16)12-9-11(14-10(2)17)5-6-13(12)18-3/h5-6,9,16H,4,7-8H2,1-3H3,(H,14,17). The first-order valence-electron chi connectivity index (χ1n) is 5.93. The van der Waals surface area contributed by atoms with Crippen molar-refractivity contribution in [3.8, 4) is 5.75 Å². The van der Waals surface area contributed by atoms with Crippen LogP contribution in [0, 0.1) is 0 Å². The third-order valence-electron chi connectivity index (χ3n) is 2.59. The Labute approximate surface area is 107 Å². The molecule has 0 bridgehead atoms. The van der Waals surface area contributed by atoms with Crippen molar-refractivity contribution in [3.63, 3.8) is 0 Å². The summed E-state index contributed by atoms with van der Waals surface area (Å²) in [5.41, 5.74) is 1.58. The summed E-state index contributed by atoms with van der Waals surface area (Å²) in [5, 5.41) is 11.8. The van der Waals surface area contributed by atoms with E-state index in [0.29, 0.717) is 6.54 Å². The molecule has 0 radical (unpaired) electrons.